The van der Waals surface area contributed by atoms with Crippen LogP contribution in [0.4, 0.5) is 30.5 Å². The maximum atomic E-state index is 14.0. The van der Waals surface area contributed by atoms with Gasteiger partial charge in [-0.3, -0.25) is 4.79 Å². The molecule has 0 saturated carbocycles. The SMILES string of the molecule is COC(=O)C[C@@H](C)c1ccc(N(CC(C)C)C2CCOCC2)c(Nc2nc(C(F)(F)F)n(COCCS(C)(C)C)n2)c1. The van der Waals surface area contributed by atoms with Crippen LogP contribution in [0.1, 0.15) is 57.3 Å². The highest BCUT2D eigenvalue weighted by Crippen LogP contribution is 2.37. The van der Waals surface area contributed by atoms with Crippen LogP contribution >= 0.6 is 10.0 Å². The third-order valence-electron chi connectivity index (χ3n) is 7.02. The molecule has 238 valence electrons. The van der Waals surface area contributed by atoms with Crippen LogP contribution < -0.4 is 10.2 Å². The number of hydrogen-bond donors (Lipinski definition) is 1. The number of esters is 1. The monoisotopic (exact) mass is 617 g/mol. The van der Waals surface area contributed by atoms with Crippen LogP contribution in [-0.4, -0.2) is 84.8 Å². The van der Waals surface area contributed by atoms with Crippen molar-refractivity contribution in [3.63, 3.8) is 0 Å². The molecule has 2 heterocycles. The summed E-state index contributed by atoms with van der Waals surface area (Å²) in [6.45, 7) is 8.18. The normalized spacial score (nSPS) is 16.0. The molecule has 42 heavy (non-hydrogen) atoms. The van der Waals surface area contributed by atoms with E-state index in [1.807, 2.05) is 25.1 Å². The number of anilines is 3. The van der Waals surface area contributed by atoms with Crippen molar-refractivity contribution in [3.05, 3.63) is 29.6 Å². The number of halogens is 3. The van der Waals surface area contributed by atoms with Gasteiger partial charge in [-0.15, -0.1) is 5.10 Å². The smallest absolute Gasteiger partial charge is 0.451 e. The van der Waals surface area contributed by atoms with Crippen molar-refractivity contribution in [1.82, 2.24) is 14.8 Å². The molecule has 9 nitrogen and oxygen atoms in total. The van der Waals surface area contributed by atoms with Crippen LogP contribution in [0.5, 0.6) is 0 Å². The van der Waals surface area contributed by atoms with Gasteiger partial charge in [0.05, 0.1) is 31.5 Å². The molecule has 2 aromatic rings. The van der Waals surface area contributed by atoms with E-state index in [-0.39, 0.29) is 37.0 Å². The Morgan fingerprint density at radius 1 is 1.21 bits per heavy atom. The number of carbonyl (C=O) groups is 1. The summed E-state index contributed by atoms with van der Waals surface area (Å²) < 4.78 is 58.6. The number of nitrogens with zero attached hydrogens (tertiary/aromatic N) is 4. The molecule has 1 fully saturated rings. The summed E-state index contributed by atoms with van der Waals surface area (Å²) in [6.07, 6.45) is 3.50. The zero-order valence-corrected chi connectivity index (χ0v) is 26.6. The predicted molar refractivity (Wildman–Crippen MR) is 162 cm³/mol. The van der Waals surface area contributed by atoms with Crippen molar-refractivity contribution in [2.45, 2.75) is 64.9 Å². The molecule has 3 rings (SSSR count). The Labute approximate surface area is 248 Å². The third-order valence-corrected chi connectivity index (χ3v) is 8.41. The molecule has 1 atom stereocenters. The highest BCUT2D eigenvalue weighted by molar-refractivity contribution is 8.32. The minimum Gasteiger partial charge on any atom is -0.469 e. The predicted octanol–water partition coefficient (Wildman–Crippen LogP) is 6.02. The lowest BCUT2D eigenvalue weighted by atomic mass is 9.95. The topological polar surface area (TPSA) is 90.7 Å². The Morgan fingerprint density at radius 2 is 1.90 bits per heavy atom. The van der Waals surface area contributed by atoms with Gasteiger partial charge in [0.25, 0.3) is 0 Å². The largest absolute Gasteiger partial charge is 0.469 e. The molecule has 1 aliphatic heterocycles. The van der Waals surface area contributed by atoms with Crippen LogP contribution in [0, 0.1) is 5.92 Å². The van der Waals surface area contributed by atoms with Gasteiger partial charge >= 0.3 is 12.1 Å². The molecule has 1 saturated heterocycles. The standard InChI is InChI=1S/C29H46F3N5O4S/c1-20(2)18-36(23-10-12-40-13-11-23)25-9-8-22(21(3)16-26(38)39-4)17-24(25)33-28-34-27(29(30,31)32)37(35-28)19-41-14-15-42(5,6)7/h8-9,17,20-21,23H,10-16,18-19H2,1-7H3,(H,33,35)/t21-/m1/s1. The van der Waals surface area contributed by atoms with Gasteiger partial charge < -0.3 is 24.4 Å². The summed E-state index contributed by atoms with van der Waals surface area (Å²) >= 11 is 0. The second kappa shape index (κ2) is 14.8. The third kappa shape index (κ3) is 10.0. The zero-order valence-electron chi connectivity index (χ0n) is 25.8. The molecule has 0 aliphatic carbocycles. The first-order valence-electron chi connectivity index (χ1n) is 14.3. The maximum absolute atomic E-state index is 14.0. The average Bonchev–Trinajstić information content (AvgIpc) is 3.33. The minimum absolute atomic E-state index is 0.170. The number of nitrogens with one attached hydrogen (secondary N) is 1. The van der Waals surface area contributed by atoms with Gasteiger partial charge in [-0.2, -0.15) is 18.2 Å². The molecule has 0 amide bonds. The summed E-state index contributed by atoms with van der Waals surface area (Å²) in [6, 6.07) is 5.99. The average molecular weight is 618 g/mol. The van der Waals surface area contributed by atoms with E-state index in [2.05, 4.69) is 52.9 Å². The first-order valence-corrected chi connectivity index (χ1v) is 17.3. The van der Waals surface area contributed by atoms with Crippen molar-refractivity contribution in [2.24, 2.45) is 5.92 Å². The zero-order chi connectivity index (χ0) is 31.1. The summed E-state index contributed by atoms with van der Waals surface area (Å²) in [4.78, 5) is 18.1. The molecule has 1 aliphatic rings. The summed E-state index contributed by atoms with van der Waals surface area (Å²) in [7, 11) is 0.494. The van der Waals surface area contributed by atoms with E-state index in [1.165, 1.54) is 7.11 Å². The maximum Gasteiger partial charge on any atom is 0.451 e. The lowest BCUT2D eigenvalue weighted by Crippen LogP contribution is -2.42. The van der Waals surface area contributed by atoms with Gasteiger partial charge in [-0.1, -0.05) is 26.8 Å². The fourth-order valence-corrected chi connectivity index (χ4v) is 5.39. The molecule has 1 N–H and O–H groups in total. The quantitative estimate of drug-likeness (QED) is 0.204. The van der Waals surface area contributed by atoms with Crippen LogP contribution in [0.3, 0.4) is 0 Å². The fourth-order valence-electron chi connectivity index (χ4n) is 4.77. The van der Waals surface area contributed by atoms with Gasteiger partial charge in [-0.25, -0.2) is 14.7 Å². The van der Waals surface area contributed by atoms with E-state index in [9.17, 15) is 18.0 Å². The Balaban J connectivity index is 2.00. The van der Waals surface area contributed by atoms with Gasteiger partial charge in [0.2, 0.25) is 11.8 Å². The van der Waals surface area contributed by atoms with Gasteiger partial charge in [0.1, 0.15) is 6.73 Å². The number of aromatic nitrogens is 3. The van der Waals surface area contributed by atoms with E-state index in [0.29, 0.717) is 31.4 Å². The summed E-state index contributed by atoms with van der Waals surface area (Å²) in [5.74, 6) is -0.723. The second-order valence-corrected chi connectivity index (χ2v) is 16.7. The van der Waals surface area contributed by atoms with Crippen molar-refractivity contribution < 1.29 is 32.2 Å². The first-order chi connectivity index (χ1) is 19.7. The van der Waals surface area contributed by atoms with Crippen LogP contribution in [0.25, 0.3) is 0 Å². The van der Waals surface area contributed by atoms with Crippen LogP contribution in [0.15, 0.2) is 18.2 Å². The number of hydrogen-bond acceptors (Lipinski definition) is 8. The number of rotatable bonds is 14. The van der Waals surface area contributed by atoms with E-state index in [1.54, 1.807) is 0 Å². The highest BCUT2D eigenvalue weighted by Gasteiger charge is 2.38. The molecule has 1 aromatic heterocycles. The highest BCUT2D eigenvalue weighted by atomic mass is 32.3. The van der Waals surface area contributed by atoms with E-state index >= 15 is 0 Å². The molecular weight excluding hydrogens is 571 g/mol. The number of benzene rings is 1. The molecule has 0 spiro atoms. The van der Waals surface area contributed by atoms with E-state index < -0.39 is 22.0 Å². The molecular formula is C29H46F3N5O4S. The Morgan fingerprint density at radius 3 is 2.50 bits per heavy atom. The lowest BCUT2D eigenvalue weighted by Gasteiger charge is -2.38. The molecule has 0 bridgehead atoms. The van der Waals surface area contributed by atoms with E-state index in [4.69, 9.17) is 14.2 Å². The molecule has 13 heteroatoms. The minimum atomic E-state index is -4.71. The van der Waals surface area contributed by atoms with Gasteiger partial charge in [-0.05, 0) is 61.1 Å². The number of methoxy groups -OCH3 is 1. The Hall–Kier alpha value is -2.51. The summed E-state index contributed by atoms with van der Waals surface area (Å²) in [5.41, 5.74) is 2.24. The number of alkyl halides is 3. The first kappa shape index (κ1) is 34.0. The van der Waals surface area contributed by atoms with Gasteiger partial charge in [0, 0.05) is 31.6 Å². The molecule has 1 aromatic carbocycles. The van der Waals surface area contributed by atoms with Crippen molar-refractivity contribution >= 4 is 33.3 Å². The molecule has 0 radical (unpaired) electrons. The fraction of sp³-hybridized carbons (Fsp3) is 0.690. The Bertz CT molecular complexity index is 1160. The Kier molecular flexibility index (Phi) is 12.0. The number of ether oxygens (including phenoxy) is 3. The van der Waals surface area contributed by atoms with Crippen molar-refractivity contribution in [1.29, 1.82) is 0 Å². The van der Waals surface area contributed by atoms with E-state index in [0.717, 1.165) is 41.1 Å². The van der Waals surface area contributed by atoms with Crippen molar-refractivity contribution in [2.75, 3.05) is 68.2 Å². The van der Waals surface area contributed by atoms with Crippen molar-refractivity contribution in [3.8, 4) is 0 Å². The lowest BCUT2D eigenvalue weighted by molar-refractivity contribution is -0.150. The second-order valence-electron chi connectivity index (χ2n) is 12.1. The molecule has 0 unspecified atom stereocenters. The van der Waals surface area contributed by atoms with Crippen LogP contribution in [-0.2, 0) is 31.9 Å². The van der Waals surface area contributed by atoms with Crippen LogP contribution in [0.2, 0.25) is 0 Å². The number of carbonyl (C=O) groups excluding carboxylic acids is 1. The van der Waals surface area contributed by atoms with Gasteiger partial charge in [0.15, 0.2) is 0 Å². The summed E-state index contributed by atoms with van der Waals surface area (Å²) in [5, 5.41) is 7.25.